The molecule has 3 nitrogen and oxygen atoms in total. The molecule has 3 heteroatoms. The lowest BCUT2D eigenvalue weighted by Gasteiger charge is -2.10. The van der Waals surface area contributed by atoms with E-state index in [0.29, 0.717) is 5.56 Å². The molecular weight excluding hydrogens is 354 g/mol. The van der Waals surface area contributed by atoms with Crippen molar-refractivity contribution in [1.82, 2.24) is 9.97 Å². The van der Waals surface area contributed by atoms with Crippen molar-refractivity contribution >= 4 is 0 Å². The monoisotopic (exact) mass is 375 g/mol. The molecule has 0 saturated heterocycles. The maximum atomic E-state index is 8.94. The number of nitriles is 1. The number of rotatable bonds is 3. The number of hydrogen-bond acceptors (Lipinski definition) is 3. The van der Waals surface area contributed by atoms with E-state index in [4.69, 9.17) is 5.26 Å². The summed E-state index contributed by atoms with van der Waals surface area (Å²) < 4.78 is 0. The topological polar surface area (TPSA) is 49.6 Å². The molecule has 140 valence electrons. The summed E-state index contributed by atoms with van der Waals surface area (Å²) in [5, 5.41) is 8.94. The zero-order valence-electron chi connectivity index (χ0n) is 16.8. The summed E-state index contributed by atoms with van der Waals surface area (Å²) in [5.74, 6) is 0.797. The second-order valence-electron chi connectivity index (χ2n) is 7.17. The zero-order chi connectivity index (χ0) is 20.4. The van der Waals surface area contributed by atoms with E-state index in [-0.39, 0.29) is 0 Å². The number of aryl methyl sites for hydroxylation is 2. The number of benzene rings is 3. The van der Waals surface area contributed by atoms with Crippen molar-refractivity contribution in [2.75, 3.05) is 0 Å². The summed E-state index contributed by atoms with van der Waals surface area (Å²) in [6.45, 7) is 6.02. The summed E-state index contributed by atoms with van der Waals surface area (Å²) in [7, 11) is 0. The van der Waals surface area contributed by atoms with Crippen LogP contribution in [0.5, 0.6) is 0 Å². The minimum absolute atomic E-state index is 0.676. The Hall–Kier alpha value is -3.77. The molecule has 0 spiro atoms. The molecule has 0 N–H and O–H groups in total. The minimum atomic E-state index is 0.676. The van der Waals surface area contributed by atoms with Crippen LogP contribution >= 0.6 is 0 Å². The van der Waals surface area contributed by atoms with Crippen LogP contribution in [-0.2, 0) is 0 Å². The molecule has 29 heavy (non-hydrogen) atoms. The molecule has 0 bridgehead atoms. The van der Waals surface area contributed by atoms with Gasteiger partial charge in [-0.2, -0.15) is 5.26 Å². The van der Waals surface area contributed by atoms with Gasteiger partial charge in [-0.3, -0.25) is 0 Å². The first-order valence-corrected chi connectivity index (χ1v) is 9.58. The van der Waals surface area contributed by atoms with Crippen LogP contribution < -0.4 is 0 Å². The Morgan fingerprint density at radius 2 is 1.00 bits per heavy atom. The summed E-state index contributed by atoms with van der Waals surface area (Å²) in [6.07, 6.45) is 0. The van der Waals surface area contributed by atoms with E-state index in [9.17, 15) is 0 Å². The number of aromatic nitrogens is 2. The smallest absolute Gasteiger partial charge is 0.126 e. The molecule has 3 aromatic carbocycles. The highest BCUT2D eigenvalue weighted by Crippen LogP contribution is 2.28. The van der Waals surface area contributed by atoms with Gasteiger partial charge >= 0.3 is 0 Å². The molecule has 1 heterocycles. The highest BCUT2D eigenvalue weighted by molar-refractivity contribution is 5.73. The van der Waals surface area contributed by atoms with E-state index < -0.39 is 0 Å². The van der Waals surface area contributed by atoms with Crippen molar-refractivity contribution in [2.45, 2.75) is 20.8 Å². The van der Waals surface area contributed by atoms with Crippen LogP contribution in [0.25, 0.3) is 33.5 Å². The lowest BCUT2D eigenvalue weighted by atomic mass is 9.98. The third-order valence-electron chi connectivity index (χ3n) is 5.22. The van der Waals surface area contributed by atoms with Gasteiger partial charge in [-0.1, -0.05) is 60.7 Å². The molecule has 0 radical (unpaired) electrons. The second-order valence-corrected chi connectivity index (χ2v) is 7.17. The van der Waals surface area contributed by atoms with Crippen molar-refractivity contribution in [2.24, 2.45) is 0 Å². The van der Waals surface area contributed by atoms with Crippen LogP contribution in [-0.4, -0.2) is 9.97 Å². The average Bonchev–Trinajstić information content (AvgIpc) is 2.76. The lowest BCUT2D eigenvalue weighted by molar-refractivity contribution is 0.992. The highest BCUT2D eigenvalue weighted by Gasteiger charge is 2.09. The minimum Gasteiger partial charge on any atom is -0.238 e. The van der Waals surface area contributed by atoms with Crippen LogP contribution in [0.4, 0.5) is 0 Å². The molecule has 0 aliphatic heterocycles. The predicted octanol–water partition coefficient (Wildman–Crippen LogP) is 6.27. The van der Waals surface area contributed by atoms with E-state index in [1.807, 2.05) is 38.1 Å². The molecular formula is C26H21N3. The quantitative estimate of drug-likeness (QED) is 0.424. The molecule has 0 saturated carbocycles. The van der Waals surface area contributed by atoms with Crippen molar-refractivity contribution in [3.63, 3.8) is 0 Å². The number of hydrogen-bond donors (Lipinski definition) is 0. The SMILES string of the molecule is Cc1nc(C)c(C)c(-c2ccc(-c3ccc(-c4ccc(C#N)cc4)cc3)cc2)n1. The Balaban J connectivity index is 1.60. The fourth-order valence-corrected chi connectivity index (χ4v) is 3.46. The lowest BCUT2D eigenvalue weighted by Crippen LogP contribution is -1.98. The molecule has 0 aliphatic carbocycles. The number of nitrogens with zero attached hydrogens (tertiary/aromatic N) is 3. The Kier molecular flexibility index (Phi) is 4.93. The maximum absolute atomic E-state index is 8.94. The van der Waals surface area contributed by atoms with Gasteiger partial charge < -0.3 is 0 Å². The molecule has 4 aromatic rings. The molecule has 0 unspecified atom stereocenters. The van der Waals surface area contributed by atoms with Crippen LogP contribution in [0.3, 0.4) is 0 Å². The summed E-state index contributed by atoms with van der Waals surface area (Å²) in [6, 6.07) is 26.8. The van der Waals surface area contributed by atoms with E-state index in [0.717, 1.165) is 39.5 Å². The predicted molar refractivity (Wildman–Crippen MR) is 117 cm³/mol. The van der Waals surface area contributed by atoms with Crippen molar-refractivity contribution in [1.29, 1.82) is 5.26 Å². The summed E-state index contributed by atoms with van der Waals surface area (Å²) in [4.78, 5) is 9.07. The third-order valence-corrected chi connectivity index (χ3v) is 5.22. The first-order valence-electron chi connectivity index (χ1n) is 9.58. The van der Waals surface area contributed by atoms with E-state index >= 15 is 0 Å². The highest BCUT2D eigenvalue weighted by atomic mass is 14.9. The largest absolute Gasteiger partial charge is 0.238 e. The van der Waals surface area contributed by atoms with Crippen molar-refractivity contribution < 1.29 is 0 Å². The van der Waals surface area contributed by atoms with Crippen LogP contribution in [0.1, 0.15) is 22.6 Å². The normalized spacial score (nSPS) is 10.6. The van der Waals surface area contributed by atoms with Crippen LogP contribution in [0.2, 0.25) is 0 Å². The standard InChI is InChI=1S/C26H21N3/c1-17-18(2)28-19(3)29-26(17)25-14-12-24(13-15-25)23-10-8-22(9-11-23)21-6-4-20(16-27)5-7-21/h4-15H,1-3H3. The zero-order valence-corrected chi connectivity index (χ0v) is 16.8. The van der Waals surface area contributed by atoms with Gasteiger partial charge in [0.2, 0.25) is 0 Å². The fraction of sp³-hybridized carbons (Fsp3) is 0.115. The fourth-order valence-electron chi connectivity index (χ4n) is 3.46. The molecule has 0 fully saturated rings. The third kappa shape index (κ3) is 3.79. The summed E-state index contributed by atoms with van der Waals surface area (Å²) >= 11 is 0. The maximum Gasteiger partial charge on any atom is 0.126 e. The van der Waals surface area contributed by atoms with Crippen LogP contribution in [0, 0.1) is 32.1 Å². The Morgan fingerprint density at radius 1 is 0.586 bits per heavy atom. The van der Waals surface area contributed by atoms with Crippen molar-refractivity contribution in [3.8, 4) is 39.6 Å². The first-order chi connectivity index (χ1) is 14.0. The molecule has 1 aromatic heterocycles. The van der Waals surface area contributed by atoms with Crippen LogP contribution in [0.15, 0.2) is 72.8 Å². The second kappa shape index (κ2) is 7.69. The Bertz CT molecular complexity index is 1200. The molecule has 0 aliphatic rings. The Morgan fingerprint density at radius 3 is 1.45 bits per heavy atom. The van der Waals surface area contributed by atoms with E-state index in [1.54, 1.807) is 0 Å². The van der Waals surface area contributed by atoms with Gasteiger partial charge in [-0.05, 0) is 60.7 Å². The van der Waals surface area contributed by atoms with Crippen molar-refractivity contribution in [3.05, 3.63) is 95.4 Å². The molecule has 0 atom stereocenters. The first kappa shape index (κ1) is 18.6. The van der Waals surface area contributed by atoms with Gasteiger partial charge in [0, 0.05) is 11.3 Å². The van der Waals surface area contributed by atoms with Gasteiger partial charge in [0.1, 0.15) is 5.82 Å². The van der Waals surface area contributed by atoms with Gasteiger partial charge in [-0.15, -0.1) is 0 Å². The molecule has 4 rings (SSSR count). The van der Waals surface area contributed by atoms with Gasteiger partial charge in [-0.25, -0.2) is 9.97 Å². The average molecular weight is 375 g/mol. The van der Waals surface area contributed by atoms with Gasteiger partial charge in [0.25, 0.3) is 0 Å². The summed E-state index contributed by atoms with van der Waals surface area (Å²) in [5.41, 5.74) is 9.50. The van der Waals surface area contributed by atoms with E-state index in [1.165, 1.54) is 11.1 Å². The molecule has 0 amide bonds. The van der Waals surface area contributed by atoms with Gasteiger partial charge in [0.15, 0.2) is 0 Å². The van der Waals surface area contributed by atoms with Gasteiger partial charge in [0.05, 0.1) is 17.3 Å². The van der Waals surface area contributed by atoms with E-state index in [2.05, 4.69) is 71.5 Å². The Labute approximate surface area is 171 Å².